The van der Waals surface area contributed by atoms with Crippen LogP contribution in [0.15, 0.2) is 29.2 Å². The molecule has 96 valence electrons. The highest BCUT2D eigenvalue weighted by molar-refractivity contribution is 7.07. The Balaban J connectivity index is 1.81. The lowest BCUT2D eigenvalue weighted by molar-refractivity contribution is 0.959. The molecule has 5 heteroatoms. The van der Waals surface area contributed by atoms with Gasteiger partial charge in [-0.3, -0.25) is 4.98 Å². The molecule has 2 heterocycles. The van der Waals surface area contributed by atoms with E-state index in [2.05, 4.69) is 44.4 Å². The van der Waals surface area contributed by atoms with Gasteiger partial charge in [-0.1, -0.05) is 6.92 Å². The normalized spacial score (nSPS) is 10.3. The summed E-state index contributed by atoms with van der Waals surface area (Å²) < 4.78 is 0. The molecule has 0 saturated heterocycles. The molecule has 0 saturated carbocycles. The second kappa shape index (κ2) is 6.96. The Labute approximate surface area is 111 Å². The van der Waals surface area contributed by atoms with Crippen molar-refractivity contribution >= 4 is 23.0 Å². The minimum atomic E-state index is 0.825. The van der Waals surface area contributed by atoms with Crippen LogP contribution < -0.4 is 10.6 Å². The van der Waals surface area contributed by atoms with Crippen molar-refractivity contribution < 1.29 is 0 Å². The summed E-state index contributed by atoms with van der Waals surface area (Å²) in [6.45, 7) is 3.93. The molecule has 2 rings (SSSR count). The second-order valence-corrected chi connectivity index (χ2v) is 4.80. The maximum absolute atomic E-state index is 4.45. The molecule has 0 aliphatic heterocycles. The van der Waals surface area contributed by atoms with Gasteiger partial charge in [0.05, 0.1) is 12.4 Å². The van der Waals surface area contributed by atoms with E-state index < -0.39 is 0 Å². The molecule has 0 amide bonds. The standard InChI is InChI=1S/C13H18N4S/c1-2-5-15-12-8-14-9-13(17-12)16-6-3-11-4-7-18-10-11/h4,7-10H,2-3,5-6H2,1H3,(H2,15,16,17). The third-order valence-electron chi connectivity index (χ3n) is 2.49. The van der Waals surface area contributed by atoms with E-state index in [1.54, 1.807) is 23.7 Å². The van der Waals surface area contributed by atoms with E-state index in [0.717, 1.165) is 37.6 Å². The van der Waals surface area contributed by atoms with Gasteiger partial charge in [-0.2, -0.15) is 11.3 Å². The first-order valence-corrected chi connectivity index (χ1v) is 7.13. The fourth-order valence-corrected chi connectivity index (χ4v) is 2.26. The van der Waals surface area contributed by atoms with Gasteiger partial charge in [0, 0.05) is 13.1 Å². The second-order valence-electron chi connectivity index (χ2n) is 4.02. The number of rotatable bonds is 7. The minimum absolute atomic E-state index is 0.825. The molecule has 4 nitrogen and oxygen atoms in total. The zero-order valence-corrected chi connectivity index (χ0v) is 11.3. The van der Waals surface area contributed by atoms with Gasteiger partial charge >= 0.3 is 0 Å². The van der Waals surface area contributed by atoms with Gasteiger partial charge in [0.2, 0.25) is 0 Å². The molecule has 0 aromatic carbocycles. The first-order valence-electron chi connectivity index (χ1n) is 6.19. The fourth-order valence-electron chi connectivity index (χ4n) is 1.56. The predicted molar refractivity (Wildman–Crippen MR) is 77.3 cm³/mol. The van der Waals surface area contributed by atoms with Crippen molar-refractivity contribution in [1.82, 2.24) is 9.97 Å². The average Bonchev–Trinajstić information content (AvgIpc) is 2.90. The molecule has 0 aliphatic rings. The van der Waals surface area contributed by atoms with E-state index in [9.17, 15) is 0 Å². The zero-order chi connectivity index (χ0) is 12.6. The highest BCUT2D eigenvalue weighted by atomic mass is 32.1. The number of nitrogens with zero attached hydrogens (tertiary/aromatic N) is 2. The van der Waals surface area contributed by atoms with Crippen LogP contribution in [-0.4, -0.2) is 23.1 Å². The molecule has 18 heavy (non-hydrogen) atoms. The smallest absolute Gasteiger partial charge is 0.146 e. The van der Waals surface area contributed by atoms with Crippen LogP contribution in [0.25, 0.3) is 0 Å². The summed E-state index contributed by atoms with van der Waals surface area (Å²) >= 11 is 1.73. The lowest BCUT2D eigenvalue weighted by atomic mass is 10.2. The summed E-state index contributed by atoms with van der Waals surface area (Å²) in [6, 6.07) is 2.15. The number of aromatic nitrogens is 2. The van der Waals surface area contributed by atoms with Crippen LogP contribution in [0.1, 0.15) is 18.9 Å². The molecule has 0 atom stereocenters. The van der Waals surface area contributed by atoms with E-state index in [1.165, 1.54) is 5.56 Å². The van der Waals surface area contributed by atoms with E-state index in [4.69, 9.17) is 0 Å². The Morgan fingerprint density at radius 2 is 1.94 bits per heavy atom. The largest absolute Gasteiger partial charge is 0.369 e. The van der Waals surface area contributed by atoms with Crippen LogP contribution in [0, 0.1) is 0 Å². The molecule has 2 N–H and O–H groups in total. The molecule has 0 radical (unpaired) electrons. The monoisotopic (exact) mass is 262 g/mol. The lowest BCUT2D eigenvalue weighted by Gasteiger charge is -2.07. The SMILES string of the molecule is CCCNc1cncc(NCCc2ccsc2)n1. The van der Waals surface area contributed by atoms with E-state index in [0.29, 0.717) is 0 Å². The highest BCUT2D eigenvalue weighted by Gasteiger charge is 1.98. The van der Waals surface area contributed by atoms with Gasteiger partial charge in [-0.05, 0) is 35.2 Å². The maximum Gasteiger partial charge on any atom is 0.146 e. The summed E-state index contributed by atoms with van der Waals surface area (Å²) in [4.78, 5) is 8.61. The van der Waals surface area contributed by atoms with Crippen LogP contribution >= 0.6 is 11.3 Å². The number of nitrogens with one attached hydrogen (secondary N) is 2. The maximum atomic E-state index is 4.45. The Kier molecular flexibility index (Phi) is 4.96. The van der Waals surface area contributed by atoms with Crippen molar-refractivity contribution in [2.24, 2.45) is 0 Å². The summed E-state index contributed by atoms with van der Waals surface area (Å²) in [5.41, 5.74) is 1.36. The van der Waals surface area contributed by atoms with E-state index in [-0.39, 0.29) is 0 Å². The number of anilines is 2. The van der Waals surface area contributed by atoms with Crippen molar-refractivity contribution in [2.75, 3.05) is 23.7 Å². The van der Waals surface area contributed by atoms with Gasteiger partial charge in [-0.25, -0.2) is 4.98 Å². The third kappa shape index (κ3) is 4.00. The molecule has 0 bridgehead atoms. The first kappa shape index (κ1) is 12.8. The van der Waals surface area contributed by atoms with Gasteiger partial charge in [0.1, 0.15) is 11.6 Å². The van der Waals surface area contributed by atoms with Gasteiger partial charge in [0.15, 0.2) is 0 Å². The van der Waals surface area contributed by atoms with E-state index in [1.807, 2.05) is 0 Å². The average molecular weight is 262 g/mol. The van der Waals surface area contributed by atoms with Crippen molar-refractivity contribution in [3.8, 4) is 0 Å². The quantitative estimate of drug-likeness (QED) is 0.805. The summed E-state index contributed by atoms with van der Waals surface area (Å²) in [6.07, 6.45) is 5.60. The molecule has 0 unspecified atom stereocenters. The van der Waals surface area contributed by atoms with Crippen LogP contribution in [0.2, 0.25) is 0 Å². The molecular formula is C13H18N4S. The van der Waals surface area contributed by atoms with Crippen molar-refractivity contribution in [3.05, 3.63) is 34.8 Å². The minimum Gasteiger partial charge on any atom is -0.369 e. The van der Waals surface area contributed by atoms with Gasteiger partial charge in [-0.15, -0.1) is 0 Å². The topological polar surface area (TPSA) is 49.8 Å². The number of hydrogen-bond acceptors (Lipinski definition) is 5. The summed E-state index contributed by atoms with van der Waals surface area (Å²) in [5, 5.41) is 10.8. The van der Waals surface area contributed by atoms with Gasteiger partial charge < -0.3 is 10.6 Å². The molecule has 0 spiro atoms. The Hall–Kier alpha value is -1.62. The molecule has 0 aliphatic carbocycles. The highest BCUT2D eigenvalue weighted by Crippen LogP contribution is 2.09. The van der Waals surface area contributed by atoms with Crippen LogP contribution in [0.5, 0.6) is 0 Å². The van der Waals surface area contributed by atoms with Crippen molar-refractivity contribution in [3.63, 3.8) is 0 Å². The summed E-state index contributed by atoms with van der Waals surface area (Å²) in [5.74, 6) is 1.66. The molecular weight excluding hydrogens is 244 g/mol. The van der Waals surface area contributed by atoms with Crippen LogP contribution in [0.4, 0.5) is 11.6 Å². The molecule has 2 aromatic heterocycles. The lowest BCUT2D eigenvalue weighted by Crippen LogP contribution is -2.08. The third-order valence-corrected chi connectivity index (χ3v) is 3.22. The Morgan fingerprint density at radius 1 is 1.17 bits per heavy atom. The number of hydrogen-bond donors (Lipinski definition) is 2. The van der Waals surface area contributed by atoms with Crippen molar-refractivity contribution in [2.45, 2.75) is 19.8 Å². The van der Waals surface area contributed by atoms with Crippen molar-refractivity contribution in [1.29, 1.82) is 0 Å². The zero-order valence-electron chi connectivity index (χ0n) is 10.5. The Bertz CT molecular complexity index is 456. The van der Waals surface area contributed by atoms with Crippen LogP contribution in [0.3, 0.4) is 0 Å². The Morgan fingerprint density at radius 3 is 2.61 bits per heavy atom. The van der Waals surface area contributed by atoms with Gasteiger partial charge in [0.25, 0.3) is 0 Å². The number of thiophene rings is 1. The fraction of sp³-hybridized carbons (Fsp3) is 0.385. The van der Waals surface area contributed by atoms with Crippen LogP contribution in [-0.2, 0) is 6.42 Å². The van der Waals surface area contributed by atoms with E-state index >= 15 is 0 Å². The first-order chi connectivity index (χ1) is 8.88. The predicted octanol–water partition coefficient (Wildman–Crippen LogP) is 3.01. The molecule has 2 aromatic rings. The summed E-state index contributed by atoms with van der Waals surface area (Å²) in [7, 11) is 0. The molecule has 0 fully saturated rings.